The van der Waals surface area contributed by atoms with E-state index >= 15 is 0 Å². The maximum absolute atomic E-state index is 12.3. The zero-order valence-electron chi connectivity index (χ0n) is 11.2. The van der Waals surface area contributed by atoms with Gasteiger partial charge >= 0.3 is 0 Å². The zero-order chi connectivity index (χ0) is 14.5. The Morgan fingerprint density at radius 2 is 2.00 bits per heavy atom. The van der Waals surface area contributed by atoms with Crippen molar-refractivity contribution in [1.29, 1.82) is 5.26 Å². The van der Waals surface area contributed by atoms with E-state index in [1.165, 1.54) is 11.3 Å². The lowest BCUT2D eigenvalue weighted by Gasteiger charge is -2.00. The number of hydrogen-bond donors (Lipinski definition) is 0. The van der Waals surface area contributed by atoms with Crippen LogP contribution in [0.5, 0.6) is 0 Å². The number of carbonyl (C=O) groups excluding carboxylic acids is 1. The third-order valence-electron chi connectivity index (χ3n) is 2.86. The first-order valence-corrected chi connectivity index (χ1v) is 8.11. The topological polar surface area (TPSA) is 40.9 Å². The predicted octanol–water partition coefficient (Wildman–Crippen LogP) is 4.57. The molecule has 1 heterocycles. The van der Waals surface area contributed by atoms with E-state index in [9.17, 15) is 10.1 Å². The molecule has 20 heavy (non-hydrogen) atoms. The van der Waals surface area contributed by atoms with Crippen LogP contribution >= 0.6 is 23.1 Å². The van der Waals surface area contributed by atoms with E-state index in [0.29, 0.717) is 4.88 Å². The molecule has 2 nitrogen and oxygen atoms in total. The monoisotopic (exact) mass is 299 g/mol. The fourth-order valence-corrected chi connectivity index (χ4v) is 3.03. The summed E-state index contributed by atoms with van der Waals surface area (Å²) in [5.41, 5.74) is 1.95. The summed E-state index contributed by atoms with van der Waals surface area (Å²) in [7, 11) is 0. The summed E-state index contributed by atoms with van der Waals surface area (Å²) in [5.74, 6) is -0.200. The first-order valence-electron chi connectivity index (χ1n) is 6.00. The Bertz CT molecular complexity index is 690. The van der Waals surface area contributed by atoms with Gasteiger partial charge in [0.25, 0.3) is 0 Å². The lowest BCUT2D eigenvalue weighted by molar-refractivity contribution is 0.104. The third kappa shape index (κ3) is 3.19. The quantitative estimate of drug-likeness (QED) is 0.359. The maximum Gasteiger partial charge on any atom is 0.213 e. The maximum atomic E-state index is 12.3. The van der Waals surface area contributed by atoms with Gasteiger partial charge in [0, 0.05) is 4.90 Å². The fourth-order valence-electron chi connectivity index (χ4n) is 1.74. The highest BCUT2D eigenvalue weighted by atomic mass is 32.2. The molecule has 0 fully saturated rings. The molecule has 0 amide bonds. The summed E-state index contributed by atoms with van der Waals surface area (Å²) in [6, 6.07) is 11.7. The van der Waals surface area contributed by atoms with Crippen LogP contribution in [0.2, 0.25) is 0 Å². The summed E-state index contributed by atoms with van der Waals surface area (Å²) in [6.45, 7) is 1.88. The zero-order valence-corrected chi connectivity index (χ0v) is 12.8. The van der Waals surface area contributed by atoms with Gasteiger partial charge in [-0.2, -0.15) is 5.26 Å². The molecule has 0 spiro atoms. The van der Waals surface area contributed by atoms with Crippen molar-refractivity contribution in [1.82, 2.24) is 0 Å². The van der Waals surface area contributed by atoms with Crippen molar-refractivity contribution in [2.24, 2.45) is 0 Å². The van der Waals surface area contributed by atoms with Crippen molar-refractivity contribution in [2.45, 2.75) is 11.8 Å². The molecule has 1 aromatic carbocycles. The van der Waals surface area contributed by atoms with E-state index in [0.717, 1.165) is 16.0 Å². The van der Waals surface area contributed by atoms with Gasteiger partial charge < -0.3 is 0 Å². The van der Waals surface area contributed by atoms with E-state index in [1.54, 1.807) is 17.8 Å². The number of ketones is 1. The Morgan fingerprint density at radius 1 is 1.30 bits per heavy atom. The molecule has 0 saturated heterocycles. The molecule has 0 saturated carbocycles. The van der Waals surface area contributed by atoms with Gasteiger partial charge in [-0.05, 0) is 54.0 Å². The highest BCUT2D eigenvalue weighted by Gasteiger charge is 2.15. The van der Waals surface area contributed by atoms with Crippen molar-refractivity contribution >= 4 is 35.0 Å². The summed E-state index contributed by atoms with van der Waals surface area (Å²) >= 11 is 3.03. The van der Waals surface area contributed by atoms with Crippen LogP contribution in [0.15, 0.2) is 46.2 Å². The normalized spacial score (nSPS) is 11.2. The second-order valence-electron chi connectivity index (χ2n) is 4.20. The van der Waals surface area contributed by atoms with Gasteiger partial charge in [0.15, 0.2) is 0 Å². The molecule has 0 radical (unpaired) electrons. The first-order chi connectivity index (χ1) is 9.65. The number of nitrogens with zero attached hydrogens (tertiary/aromatic N) is 1. The van der Waals surface area contributed by atoms with Gasteiger partial charge in [-0.3, -0.25) is 4.79 Å². The lowest BCUT2D eigenvalue weighted by Crippen LogP contribution is -2.00. The number of benzene rings is 1. The van der Waals surface area contributed by atoms with Crippen LogP contribution in [0.3, 0.4) is 0 Å². The molecule has 100 valence electrons. The number of thioether (sulfide) groups is 1. The van der Waals surface area contributed by atoms with Crippen LogP contribution in [0.4, 0.5) is 0 Å². The molecular formula is C16H13NOS2. The number of Topliss-reactive ketones (excluding diaryl/α,β-unsaturated/α-hetero) is 1. The van der Waals surface area contributed by atoms with E-state index in [2.05, 4.69) is 0 Å². The molecule has 0 N–H and O–H groups in total. The van der Waals surface area contributed by atoms with Crippen molar-refractivity contribution in [3.8, 4) is 6.07 Å². The minimum Gasteiger partial charge on any atom is -0.287 e. The van der Waals surface area contributed by atoms with Gasteiger partial charge in [0.05, 0.1) is 4.88 Å². The molecular weight excluding hydrogens is 286 g/mol. The van der Waals surface area contributed by atoms with Crippen LogP contribution in [0, 0.1) is 18.3 Å². The Labute approximate surface area is 126 Å². The summed E-state index contributed by atoms with van der Waals surface area (Å²) in [6.07, 6.45) is 3.65. The largest absolute Gasteiger partial charge is 0.287 e. The van der Waals surface area contributed by atoms with Crippen molar-refractivity contribution in [3.63, 3.8) is 0 Å². The standard InChI is InChI=1S/C16H13NOS2/c1-11-7-8-20-16(11)15(18)13(10-17)9-12-3-5-14(19-2)6-4-12/h3-9H,1-2H3. The minimum absolute atomic E-state index is 0.174. The first kappa shape index (κ1) is 14.6. The third-order valence-corrected chi connectivity index (χ3v) is 4.62. The number of carbonyl (C=O) groups is 1. The summed E-state index contributed by atoms with van der Waals surface area (Å²) in [4.78, 5) is 14.1. The fraction of sp³-hybridized carbons (Fsp3) is 0.125. The molecule has 4 heteroatoms. The number of allylic oxidation sites excluding steroid dienone is 1. The van der Waals surface area contributed by atoms with E-state index in [1.807, 2.05) is 55.0 Å². The van der Waals surface area contributed by atoms with Gasteiger partial charge in [0.2, 0.25) is 5.78 Å². The number of aryl methyl sites for hydroxylation is 1. The Kier molecular flexibility index (Phi) is 4.78. The average Bonchev–Trinajstić information content (AvgIpc) is 2.91. The number of thiophene rings is 1. The number of hydrogen-bond acceptors (Lipinski definition) is 4. The molecule has 0 unspecified atom stereocenters. The van der Waals surface area contributed by atoms with Gasteiger partial charge in [-0.1, -0.05) is 12.1 Å². The second kappa shape index (κ2) is 6.56. The van der Waals surface area contributed by atoms with Gasteiger partial charge in [0.1, 0.15) is 11.6 Å². The Hall–Kier alpha value is -1.83. The molecule has 2 rings (SSSR count). The molecule has 0 atom stereocenters. The van der Waals surface area contributed by atoms with E-state index < -0.39 is 0 Å². The summed E-state index contributed by atoms with van der Waals surface area (Å²) in [5, 5.41) is 11.1. The molecule has 1 aromatic heterocycles. The highest BCUT2D eigenvalue weighted by Crippen LogP contribution is 2.21. The number of rotatable bonds is 4. The van der Waals surface area contributed by atoms with Crippen LogP contribution in [0.1, 0.15) is 20.8 Å². The van der Waals surface area contributed by atoms with Crippen LogP contribution < -0.4 is 0 Å². The SMILES string of the molecule is CSc1ccc(C=C(C#N)C(=O)c2sccc2C)cc1. The van der Waals surface area contributed by atoms with Crippen LogP contribution in [-0.4, -0.2) is 12.0 Å². The minimum atomic E-state index is -0.200. The molecule has 0 aliphatic rings. The van der Waals surface area contributed by atoms with Crippen LogP contribution in [-0.2, 0) is 0 Å². The summed E-state index contributed by atoms with van der Waals surface area (Å²) < 4.78 is 0. The van der Waals surface area contributed by atoms with E-state index in [4.69, 9.17) is 0 Å². The Morgan fingerprint density at radius 3 is 2.50 bits per heavy atom. The molecule has 0 bridgehead atoms. The van der Waals surface area contributed by atoms with Crippen molar-refractivity contribution in [2.75, 3.05) is 6.26 Å². The second-order valence-corrected chi connectivity index (χ2v) is 6.00. The smallest absolute Gasteiger partial charge is 0.213 e. The van der Waals surface area contributed by atoms with Crippen molar-refractivity contribution in [3.05, 3.63) is 57.3 Å². The molecule has 0 aliphatic carbocycles. The van der Waals surface area contributed by atoms with Gasteiger partial charge in [-0.25, -0.2) is 0 Å². The van der Waals surface area contributed by atoms with Crippen molar-refractivity contribution < 1.29 is 4.79 Å². The highest BCUT2D eigenvalue weighted by molar-refractivity contribution is 7.98. The Balaban J connectivity index is 2.32. The lowest BCUT2D eigenvalue weighted by atomic mass is 10.1. The van der Waals surface area contributed by atoms with Crippen LogP contribution in [0.25, 0.3) is 6.08 Å². The van der Waals surface area contributed by atoms with Gasteiger partial charge in [-0.15, -0.1) is 23.1 Å². The molecule has 2 aromatic rings. The number of nitriles is 1. The van der Waals surface area contributed by atoms with E-state index in [-0.39, 0.29) is 11.4 Å². The predicted molar refractivity (Wildman–Crippen MR) is 85.2 cm³/mol. The average molecular weight is 299 g/mol. The molecule has 0 aliphatic heterocycles.